The first-order valence-electron chi connectivity index (χ1n) is 7.02. The number of non-ortho nitro benzene ring substituents is 1. The minimum Gasteiger partial charge on any atom is -0.258 e. The molecule has 3 aromatic rings. The highest BCUT2D eigenvalue weighted by molar-refractivity contribution is 7.98. The standard InChI is InChI=1S/C17H12N4O2S/c1-24-16-8-2-12(3-9-16)17-10-13(11-18)19-20(17)14-4-6-15(7-5-14)21(22)23/h2-10H,1H3. The average molecular weight is 336 g/mol. The van der Waals surface area contributed by atoms with Crippen LogP contribution in [-0.4, -0.2) is 21.0 Å². The van der Waals surface area contributed by atoms with Gasteiger partial charge in [0.1, 0.15) is 6.07 Å². The maximum Gasteiger partial charge on any atom is 0.269 e. The molecular formula is C17H12N4O2S. The molecule has 118 valence electrons. The molecule has 3 rings (SSSR count). The number of nitro groups is 1. The highest BCUT2D eigenvalue weighted by Gasteiger charge is 2.13. The van der Waals surface area contributed by atoms with E-state index < -0.39 is 4.92 Å². The summed E-state index contributed by atoms with van der Waals surface area (Å²) >= 11 is 1.65. The normalized spacial score (nSPS) is 10.3. The van der Waals surface area contributed by atoms with E-state index in [1.807, 2.05) is 36.6 Å². The second-order valence-corrected chi connectivity index (χ2v) is 5.82. The van der Waals surface area contributed by atoms with Crippen LogP contribution in [-0.2, 0) is 0 Å². The van der Waals surface area contributed by atoms with E-state index in [0.717, 1.165) is 16.2 Å². The number of nitriles is 1. The SMILES string of the molecule is CSc1ccc(-c2cc(C#N)nn2-c2ccc([N+](=O)[O-])cc2)cc1. The molecular weight excluding hydrogens is 324 g/mol. The van der Waals surface area contributed by atoms with E-state index in [4.69, 9.17) is 5.26 Å². The van der Waals surface area contributed by atoms with Crippen LogP contribution in [0.3, 0.4) is 0 Å². The first-order valence-corrected chi connectivity index (χ1v) is 8.24. The van der Waals surface area contributed by atoms with Crippen molar-refractivity contribution in [2.24, 2.45) is 0 Å². The van der Waals surface area contributed by atoms with Gasteiger partial charge in [-0.05, 0) is 30.5 Å². The predicted molar refractivity (Wildman–Crippen MR) is 92.2 cm³/mol. The van der Waals surface area contributed by atoms with Crippen LogP contribution in [0.15, 0.2) is 59.5 Å². The van der Waals surface area contributed by atoms with Crippen molar-refractivity contribution in [1.29, 1.82) is 5.26 Å². The van der Waals surface area contributed by atoms with E-state index in [2.05, 4.69) is 5.10 Å². The largest absolute Gasteiger partial charge is 0.269 e. The fourth-order valence-electron chi connectivity index (χ4n) is 2.32. The van der Waals surface area contributed by atoms with E-state index in [-0.39, 0.29) is 11.4 Å². The van der Waals surface area contributed by atoms with Gasteiger partial charge in [-0.3, -0.25) is 10.1 Å². The topological polar surface area (TPSA) is 84.8 Å². The van der Waals surface area contributed by atoms with Crippen molar-refractivity contribution < 1.29 is 4.92 Å². The highest BCUT2D eigenvalue weighted by Crippen LogP contribution is 2.27. The molecule has 1 aromatic heterocycles. The van der Waals surface area contributed by atoms with E-state index in [0.29, 0.717) is 5.69 Å². The smallest absolute Gasteiger partial charge is 0.258 e. The Labute approximate surface area is 142 Å². The number of thioether (sulfide) groups is 1. The van der Waals surface area contributed by atoms with Gasteiger partial charge in [-0.1, -0.05) is 12.1 Å². The van der Waals surface area contributed by atoms with Crippen molar-refractivity contribution in [3.63, 3.8) is 0 Å². The Morgan fingerprint density at radius 2 is 1.83 bits per heavy atom. The molecule has 1 heterocycles. The van der Waals surface area contributed by atoms with Crippen LogP contribution in [0.5, 0.6) is 0 Å². The maximum atomic E-state index is 10.8. The number of nitro benzene ring substituents is 1. The Bertz CT molecular complexity index is 925. The Kier molecular flexibility index (Phi) is 4.31. The summed E-state index contributed by atoms with van der Waals surface area (Å²) in [5, 5.41) is 24.2. The van der Waals surface area contributed by atoms with Crippen LogP contribution in [0.25, 0.3) is 16.9 Å². The summed E-state index contributed by atoms with van der Waals surface area (Å²) in [5.41, 5.74) is 2.63. The van der Waals surface area contributed by atoms with Gasteiger partial charge in [0.15, 0.2) is 5.69 Å². The van der Waals surface area contributed by atoms with Crippen molar-refractivity contribution in [3.05, 3.63) is 70.4 Å². The minimum absolute atomic E-state index is 0.0114. The summed E-state index contributed by atoms with van der Waals surface area (Å²) < 4.78 is 1.62. The van der Waals surface area contributed by atoms with Gasteiger partial charge in [-0.15, -0.1) is 11.8 Å². The predicted octanol–water partition coefficient (Wildman–Crippen LogP) is 4.04. The first kappa shape index (κ1) is 15.8. The third kappa shape index (κ3) is 3.00. The summed E-state index contributed by atoms with van der Waals surface area (Å²) in [5.74, 6) is 0. The van der Waals surface area contributed by atoms with Gasteiger partial charge in [-0.25, -0.2) is 4.68 Å². The van der Waals surface area contributed by atoms with Gasteiger partial charge >= 0.3 is 0 Å². The molecule has 0 aliphatic carbocycles. The highest BCUT2D eigenvalue weighted by atomic mass is 32.2. The van der Waals surface area contributed by atoms with Gasteiger partial charge in [0.2, 0.25) is 0 Å². The first-order chi connectivity index (χ1) is 11.6. The lowest BCUT2D eigenvalue weighted by atomic mass is 10.1. The minimum atomic E-state index is -0.449. The van der Waals surface area contributed by atoms with Crippen molar-refractivity contribution in [3.8, 4) is 23.0 Å². The van der Waals surface area contributed by atoms with Crippen LogP contribution in [0.1, 0.15) is 5.69 Å². The molecule has 0 atom stereocenters. The Morgan fingerprint density at radius 1 is 1.17 bits per heavy atom. The molecule has 0 unspecified atom stereocenters. The van der Waals surface area contributed by atoms with Gasteiger partial charge in [0.25, 0.3) is 5.69 Å². The average Bonchev–Trinajstić information content (AvgIpc) is 3.06. The number of rotatable bonds is 4. The molecule has 0 aliphatic rings. The second kappa shape index (κ2) is 6.56. The number of benzene rings is 2. The molecule has 7 heteroatoms. The molecule has 24 heavy (non-hydrogen) atoms. The molecule has 0 spiro atoms. The van der Waals surface area contributed by atoms with Gasteiger partial charge in [0, 0.05) is 28.7 Å². The van der Waals surface area contributed by atoms with Gasteiger partial charge in [-0.2, -0.15) is 10.4 Å². The van der Waals surface area contributed by atoms with E-state index in [1.54, 1.807) is 34.6 Å². The zero-order valence-electron chi connectivity index (χ0n) is 12.7. The van der Waals surface area contributed by atoms with E-state index >= 15 is 0 Å². The van der Waals surface area contributed by atoms with Crippen LogP contribution in [0, 0.1) is 21.4 Å². The summed E-state index contributed by atoms with van der Waals surface area (Å²) in [4.78, 5) is 11.5. The van der Waals surface area contributed by atoms with Gasteiger partial charge < -0.3 is 0 Å². The Balaban J connectivity index is 2.08. The summed E-state index contributed by atoms with van der Waals surface area (Å²) in [6.45, 7) is 0. The van der Waals surface area contributed by atoms with Crippen molar-refractivity contribution in [2.75, 3.05) is 6.26 Å². The lowest BCUT2D eigenvalue weighted by molar-refractivity contribution is -0.384. The van der Waals surface area contributed by atoms with Crippen LogP contribution in [0.4, 0.5) is 5.69 Å². The third-order valence-corrected chi connectivity index (χ3v) is 4.26. The molecule has 0 amide bonds. The molecule has 0 bridgehead atoms. The second-order valence-electron chi connectivity index (χ2n) is 4.94. The van der Waals surface area contributed by atoms with Crippen LogP contribution in [0.2, 0.25) is 0 Å². The molecule has 0 radical (unpaired) electrons. The number of hydrogen-bond acceptors (Lipinski definition) is 5. The molecule has 6 nitrogen and oxygen atoms in total. The summed E-state index contributed by atoms with van der Waals surface area (Å²) in [6.07, 6.45) is 2.00. The number of aromatic nitrogens is 2. The van der Waals surface area contributed by atoms with E-state index in [1.165, 1.54) is 12.1 Å². The quantitative estimate of drug-likeness (QED) is 0.408. The lowest BCUT2D eigenvalue weighted by Gasteiger charge is -2.08. The lowest BCUT2D eigenvalue weighted by Crippen LogP contribution is -1.99. The number of hydrogen-bond donors (Lipinski definition) is 0. The molecule has 0 saturated carbocycles. The monoisotopic (exact) mass is 336 g/mol. The molecule has 2 aromatic carbocycles. The summed E-state index contributed by atoms with van der Waals surface area (Å²) in [7, 11) is 0. The van der Waals surface area contributed by atoms with Crippen molar-refractivity contribution in [1.82, 2.24) is 9.78 Å². The molecule has 0 aliphatic heterocycles. The zero-order chi connectivity index (χ0) is 17.1. The third-order valence-electron chi connectivity index (χ3n) is 3.51. The van der Waals surface area contributed by atoms with Crippen molar-refractivity contribution in [2.45, 2.75) is 4.90 Å². The van der Waals surface area contributed by atoms with Gasteiger partial charge in [0.05, 0.1) is 16.3 Å². The van der Waals surface area contributed by atoms with Crippen LogP contribution >= 0.6 is 11.8 Å². The van der Waals surface area contributed by atoms with Crippen molar-refractivity contribution >= 4 is 17.4 Å². The molecule has 0 saturated heterocycles. The van der Waals surface area contributed by atoms with E-state index in [9.17, 15) is 10.1 Å². The molecule has 0 fully saturated rings. The number of nitrogens with zero attached hydrogens (tertiary/aromatic N) is 4. The fraction of sp³-hybridized carbons (Fsp3) is 0.0588. The zero-order valence-corrected chi connectivity index (χ0v) is 13.5. The maximum absolute atomic E-state index is 10.8. The Morgan fingerprint density at radius 3 is 2.38 bits per heavy atom. The Hall–Kier alpha value is -3.11. The van der Waals surface area contributed by atoms with Crippen LogP contribution < -0.4 is 0 Å². The fourth-order valence-corrected chi connectivity index (χ4v) is 2.72. The molecule has 0 N–H and O–H groups in total. The summed E-state index contributed by atoms with van der Waals surface area (Å²) in [6, 6.07) is 17.7.